The maximum atomic E-state index is 5.31. The molecule has 0 aromatic carbocycles. The molecule has 0 aliphatic carbocycles. The predicted molar refractivity (Wildman–Crippen MR) is 175 cm³/mol. The van der Waals surface area contributed by atoms with Gasteiger partial charge in [-0.15, -0.1) is 0 Å². The fourth-order valence-corrected chi connectivity index (χ4v) is 53.7. The molecule has 0 aromatic rings. The van der Waals surface area contributed by atoms with Gasteiger partial charge in [-0.2, -0.15) is 0 Å². The molecule has 0 saturated heterocycles. The molecule has 0 saturated carbocycles. The SMILES string of the molecule is [B]=S=S=S=S=S=S=S=S=S=S=S=S=S=S=S=S=S=S=S=S=S=S=S. The standard InChI is InChI=1S/BS23/c1-3-5-7-9-11-13-15-17-19-21-23-24-22-20-18-16-14-12-10-8-6-4-2. The minimum atomic E-state index is 1.29. The van der Waals surface area contributed by atoms with Crippen LogP contribution in [0.25, 0.3) is 0 Å². The van der Waals surface area contributed by atoms with Crippen LogP contribution in [0.3, 0.4) is 0 Å². The third kappa shape index (κ3) is 27.1. The topological polar surface area (TPSA) is 0 Å². The van der Waals surface area contributed by atoms with Crippen LogP contribution in [0.4, 0.5) is 0 Å². The van der Waals surface area contributed by atoms with Gasteiger partial charge in [0.15, 0.2) is 0 Å². The van der Waals surface area contributed by atoms with Crippen molar-refractivity contribution in [2.45, 2.75) is 0 Å². The summed E-state index contributed by atoms with van der Waals surface area (Å²) in [4.78, 5) is 0. The van der Waals surface area contributed by atoms with E-state index in [-0.39, 0.29) is 0 Å². The van der Waals surface area contributed by atoms with Gasteiger partial charge in [0.25, 0.3) is 0 Å². The third-order valence-electron chi connectivity index (χ3n) is 0.595. The van der Waals surface area contributed by atoms with E-state index in [0.29, 0.717) is 0 Å². The van der Waals surface area contributed by atoms with Crippen LogP contribution in [-0.2, 0) is 207 Å². The van der Waals surface area contributed by atoms with Gasteiger partial charge in [-0.25, -0.2) is 0 Å². The Morgan fingerprint density at radius 2 is 0.542 bits per heavy atom. The normalized spacial score (nSPS) is 7.46. The van der Waals surface area contributed by atoms with E-state index in [1.165, 1.54) is 18.6 Å². The summed E-state index contributed by atoms with van der Waals surface area (Å²) in [5, 5.41) is 0. The first kappa shape index (κ1) is 29.1. The van der Waals surface area contributed by atoms with Crippen molar-refractivity contribution in [1.29, 1.82) is 0 Å². The average molecular weight is 748 g/mol. The van der Waals surface area contributed by atoms with E-state index in [1.807, 2.05) is 26.6 Å². The fourth-order valence-electron chi connectivity index (χ4n) is 0.232. The Bertz CT molecular complexity index is 1230. The van der Waals surface area contributed by atoms with Crippen LogP contribution >= 0.6 is 0 Å². The van der Waals surface area contributed by atoms with Crippen LogP contribution in [0, 0.1) is 0 Å². The molecule has 0 spiro atoms. The van der Waals surface area contributed by atoms with Crippen molar-refractivity contribution in [2.75, 3.05) is 0 Å². The Morgan fingerprint density at radius 3 is 0.750 bits per heavy atom. The van der Waals surface area contributed by atoms with Crippen molar-refractivity contribution in [1.82, 2.24) is 0 Å². The van der Waals surface area contributed by atoms with Gasteiger partial charge in [0.2, 0.25) is 0 Å². The van der Waals surface area contributed by atoms with Crippen molar-refractivity contribution < 1.29 is 0 Å². The second kappa shape index (κ2) is 28.1. The molecule has 0 amide bonds. The minimum Gasteiger partial charge on any atom is 0 e. The molecule has 0 aromatic heterocycles. The second-order valence-corrected chi connectivity index (χ2v) is 39.4. The molecule has 0 rings (SSSR count). The summed E-state index contributed by atoms with van der Waals surface area (Å²) in [5.41, 5.74) is 0. The van der Waals surface area contributed by atoms with E-state index < -0.39 is 0 Å². The van der Waals surface area contributed by atoms with E-state index >= 15 is 0 Å². The summed E-state index contributed by atoms with van der Waals surface area (Å²) in [6.07, 6.45) is 0. The van der Waals surface area contributed by atoms with Gasteiger partial charge < -0.3 is 0 Å². The van der Waals surface area contributed by atoms with Crippen LogP contribution in [0.2, 0.25) is 0 Å². The molecule has 141 valence electrons. The zero-order chi connectivity index (χ0) is 17.6. The molecule has 0 fully saturated rings. The summed E-state index contributed by atoms with van der Waals surface area (Å²) in [6, 6.07) is 0. The number of rotatable bonds is 0. The molecule has 0 nitrogen and oxygen atoms in total. The van der Waals surface area contributed by atoms with Gasteiger partial charge in [-0.1, -0.05) is 0 Å². The Labute approximate surface area is 208 Å². The van der Waals surface area contributed by atoms with E-state index in [1.54, 1.807) is 151 Å². The van der Waals surface area contributed by atoms with Gasteiger partial charge in [0.05, 0.1) is 0 Å². The van der Waals surface area contributed by atoms with Crippen molar-refractivity contribution in [3.05, 3.63) is 0 Å². The van der Waals surface area contributed by atoms with Gasteiger partial charge in [0.1, 0.15) is 0 Å². The van der Waals surface area contributed by atoms with Gasteiger partial charge in [-0.3, -0.25) is 0 Å². The molecule has 1 radical (unpaired) electrons. The van der Waals surface area contributed by atoms with Crippen LogP contribution < -0.4 is 0 Å². The predicted octanol–water partition coefficient (Wildman–Crippen LogP) is -0.436. The summed E-state index contributed by atoms with van der Waals surface area (Å²) >= 11 is 4.77. The molecule has 0 N–H and O–H groups in total. The smallest absolute Gasteiger partial charge is 0 e. The zero-order valence-electron chi connectivity index (χ0n) is 9.97. The second-order valence-electron chi connectivity index (χ2n) is 1.53. The van der Waals surface area contributed by atoms with Gasteiger partial charge >= 0.3 is 114 Å². The molecular formula is BS23. The zero-order valence-corrected chi connectivity index (χ0v) is 28.7. The first-order chi connectivity index (χ1) is 11.9. The Kier molecular flexibility index (Phi) is 34.1. The quantitative estimate of drug-likeness (QED) is 0.304. The molecule has 0 aliphatic rings. The first-order valence-corrected chi connectivity index (χ1v) is 33.7. The van der Waals surface area contributed by atoms with Crippen molar-refractivity contribution in [3.8, 4) is 0 Å². The maximum absolute atomic E-state index is 5.31. The molecular weight excluding hydrogens is 748 g/mol. The van der Waals surface area contributed by atoms with Crippen LogP contribution in [0.5, 0.6) is 0 Å². The van der Waals surface area contributed by atoms with Crippen LogP contribution in [-0.4, -0.2) is 6.72 Å². The average Bonchev–Trinajstić information content (AvgIpc) is 2.60. The summed E-state index contributed by atoms with van der Waals surface area (Å²) in [5.74, 6) is 0. The summed E-state index contributed by atoms with van der Waals surface area (Å²) in [7, 11) is 37.9. The minimum absolute atomic E-state index is 1.29. The molecule has 0 bridgehead atoms. The van der Waals surface area contributed by atoms with Gasteiger partial charge in [0, 0.05) is 100.0 Å². The molecule has 0 atom stereocenters. The Balaban J connectivity index is 5.86. The number of hydrogen-bond acceptors (Lipinski definition) is 1. The number of hydrogen-bond donors (Lipinski definition) is 0. The molecule has 24 heteroatoms. The third-order valence-corrected chi connectivity index (χ3v) is 46.1. The fraction of sp³-hybridized carbons (Fsp3) is 0. The van der Waals surface area contributed by atoms with Crippen LogP contribution in [0.15, 0.2) is 0 Å². The monoisotopic (exact) mass is 746 g/mol. The molecule has 0 heterocycles. The van der Waals surface area contributed by atoms with E-state index in [9.17, 15) is 0 Å². The van der Waals surface area contributed by atoms with E-state index in [4.69, 9.17) is 17.9 Å². The molecule has 0 aliphatic heterocycles. The van der Waals surface area contributed by atoms with Crippen molar-refractivity contribution >= 4 is 214 Å². The van der Waals surface area contributed by atoms with E-state index in [0.717, 1.165) is 0 Å². The molecule has 24 heavy (non-hydrogen) atoms. The van der Waals surface area contributed by atoms with Crippen LogP contribution in [0.1, 0.15) is 0 Å². The Hall–Kier alpha value is 5.12. The molecule has 0 unspecified atom stereocenters. The van der Waals surface area contributed by atoms with Crippen molar-refractivity contribution in [2.24, 2.45) is 0 Å². The van der Waals surface area contributed by atoms with Gasteiger partial charge in [-0.05, 0) is 0 Å². The van der Waals surface area contributed by atoms with Crippen molar-refractivity contribution in [3.63, 3.8) is 0 Å². The Morgan fingerprint density at radius 1 is 0.333 bits per heavy atom. The summed E-state index contributed by atoms with van der Waals surface area (Å²) in [6.45, 7) is 5.31. The summed E-state index contributed by atoms with van der Waals surface area (Å²) < 4.78 is 0. The van der Waals surface area contributed by atoms with E-state index in [2.05, 4.69) is 0 Å². The first-order valence-electron chi connectivity index (χ1n) is 3.90.